The first-order chi connectivity index (χ1) is 18.6. The summed E-state index contributed by atoms with van der Waals surface area (Å²) in [5.74, 6) is -0.510. The zero-order valence-electron chi connectivity index (χ0n) is 20.6. The highest BCUT2D eigenvalue weighted by molar-refractivity contribution is 5.89. The van der Waals surface area contributed by atoms with E-state index in [1.165, 1.54) is 30.4 Å². The van der Waals surface area contributed by atoms with Crippen LogP contribution in [0.2, 0.25) is 0 Å². The summed E-state index contributed by atoms with van der Waals surface area (Å²) in [6.45, 7) is 2.56. The maximum atomic E-state index is 12.1. The lowest BCUT2D eigenvalue weighted by molar-refractivity contribution is 0.0525. The molecule has 1 aromatic carbocycles. The molecule has 0 N–H and O–H groups in total. The van der Waals surface area contributed by atoms with E-state index >= 15 is 0 Å². The second-order valence-corrected chi connectivity index (χ2v) is 8.07. The molecule has 4 aromatic heterocycles. The van der Waals surface area contributed by atoms with Gasteiger partial charge in [0, 0.05) is 12.4 Å². The molecule has 5 rings (SSSR count). The van der Waals surface area contributed by atoms with Crippen molar-refractivity contribution in [2.75, 3.05) is 13.7 Å². The highest BCUT2D eigenvalue weighted by Crippen LogP contribution is 2.24. The maximum Gasteiger partial charge on any atom is 0.341 e. The van der Waals surface area contributed by atoms with E-state index in [0.29, 0.717) is 29.0 Å². The lowest BCUT2D eigenvalue weighted by Gasteiger charge is -2.09. The summed E-state index contributed by atoms with van der Waals surface area (Å²) >= 11 is 0. The van der Waals surface area contributed by atoms with E-state index < -0.39 is 11.9 Å². The molecule has 0 fully saturated rings. The third-order valence-electron chi connectivity index (χ3n) is 5.52. The molecule has 4 heterocycles. The Morgan fingerprint density at radius 3 is 2.53 bits per heavy atom. The average molecular weight is 514 g/mol. The fourth-order valence-corrected chi connectivity index (χ4v) is 3.64. The predicted molar refractivity (Wildman–Crippen MR) is 134 cm³/mol. The molecule has 0 amide bonds. The highest BCUT2D eigenvalue weighted by Gasteiger charge is 2.19. The quantitative estimate of drug-likeness (QED) is 0.271. The predicted octanol–water partition coefficient (Wildman–Crippen LogP) is 3.00. The smallest absolute Gasteiger partial charge is 0.341 e. The van der Waals surface area contributed by atoms with Crippen LogP contribution < -0.4 is 4.74 Å². The zero-order valence-corrected chi connectivity index (χ0v) is 20.6. The number of carbonyl (C=O) groups excluding carboxylic acids is 2. The van der Waals surface area contributed by atoms with Crippen LogP contribution in [0.4, 0.5) is 0 Å². The number of nitrogens with zero attached hydrogens (tertiary/aromatic N) is 7. The molecule has 0 atom stereocenters. The average Bonchev–Trinajstić information content (AvgIpc) is 3.60. The summed E-state index contributed by atoms with van der Waals surface area (Å²) < 4.78 is 19.0. The Balaban J connectivity index is 1.51. The Morgan fingerprint density at radius 1 is 0.947 bits per heavy atom. The monoisotopic (exact) mass is 513 g/mol. The van der Waals surface area contributed by atoms with Gasteiger partial charge in [0.05, 0.1) is 49.6 Å². The van der Waals surface area contributed by atoms with Gasteiger partial charge in [-0.15, -0.1) is 0 Å². The number of esters is 2. The van der Waals surface area contributed by atoms with Crippen LogP contribution in [0.15, 0.2) is 67.4 Å². The molecule has 0 saturated heterocycles. The van der Waals surface area contributed by atoms with Gasteiger partial charge in [0.15, 0.2) is 11.2 Å². The third kappa shape index (κ3) is 5.19. The molecule has 192 valence electrons. The van der Waals surface area contributed by atoms with Gasteiger partial charge in [-0.25, -0.2) is 19.3 Å². The normalized spacial score (nSPS) is 10.9. The van der Waals surface area contributed by atoms with E-state index in [2.05, 4.69) is 25.0 Å². The minimum Gasteiger partial charge on any atom is -0.471 e. The minimum atomic E-state index is -0.494. The summed E-state index contributed by atoms with van der Waals surface area (Å²) in [7, 11) is 1.32. The van der Waals surface area contributed by atoms with Crippen molar-refractivity contribution in [3.05, 3.63) is 89.8 Å². The van der Waals surface area contributed by atoms with Crippen molar-refractivity contribution in [3.63, 3.8) is 0 Å². The molecule has 12 heteroatoms. The van der Waals surface area contributed by atoms with Gasteiger partial charge in [-0.3, -0.25) is 4.98 Å². The molecule has 0 unspecified atom stereocenters. The van der Waals surface area contributed by atoms with Crippen molar-refractivity contribution in [2.24, 2.45) is 0 Å². The second kappa shape index (κ2) is 10.9. The fraction of sp³-hybridized carbons (Fsp3) is 0.192. The molecule has 0 radical (unpaired) electrons. The number of methoxy groups -OCH3 is 1. The molecule has 0 aliphatic carbocycles. The van der Waals surface area contributed by atoms with Crippen molar-refractivity contribution in [3.8, 4) is 11.8 Å². The highest BCUT2D eigenvalue weighted by atomic mass is 16.5. The van der Waals surface area contributed by atoms with Crippen molar-refractivity contribution < 1.29 is 23.8 Å². The number of aromatic nitrogens is 7. The van der Waals surface area contributed by atoms with Gasteiger partial charge in [0.1, 0.15) is 6.61 Å². The summed E-state index contributed by atoms with van der Waals surface area (Å²) in [6.07, 6.45) is 5.95. The van der Waals surface area contributed by atoms with Crippen LogP contribution in [-0.2, 0) is 22.6 Å². The molecule has 0 aliphatic heterocycles. The van der Waals surface area contributed by atoms with E-state index in [9.17, 15) is 9.59 Å². The second-order valence-electron chi connectivity index (χ2n) is 8.07. The summed E-state index contributed by atoms with van der Waals surface area (Å²) in [5.41, 5.74) is 3.18. The Labute approximate surface area is 216 Å². The summed E-state index contributed by atoms with van der Waals surface area (Å²) in [6, 6.07) is 13.0. The number of hydrogen-bond donors (Lipinski definition) is 0. The van der Waals surface area contributed by atoms with Crippen LogP contribution >= 0.6 is 0 Å². The molecular formula is C26H23N7O5. The van der Waals surface area contributed by atoms with E-state index in [1.54, 1.807) is 30.0 Å². The van der Waals surface area contributed by atoms with Crippen molar-refractivity contribution in [1.29, 1.82) is 0 Å². The first kappa shape index (κ1) is 24.6. The number of hydrogen-bond acceptors (Lipinski definition) is 10. The van der Waals surface area contributed by atoms with Crippen LogP contribution in [0.3, 0.4) is 0 Å². The first-order valence-corrected chi connectivity index (χ1v) is 11.7. The molecule has 0 bridgehead atoms. The standard InChI is InChI=1S/C26H23N7O5/c1-3-37-25(35)19-12-29-33(13-19)26-30-22-21(23(31-26)38-15-17-7-5-4-6-8-17)28-16-32(22)14-20-10-9-18(11-27-20)24(34)36-2/h4-13,16H,3,14-15H2,1-2H3. The van der Waals surface area contributed by atoms with E-state index in [1.807, 2.05) is 30.3 Å². The number of carbonyl (C=O) groups is 2. The number of benzene rings is 1. The van der Waals surface area contributed by atoms with Crippen LogP contribution in [0.25, 0.3) is 17.1 Å². The lowest BCUT2D eigenvalue weighted by Crippen LogP contribution is -2.09. The SMILES string of the molecule is CCOC(=O)c1cnn(-c2nc(OCc3ccccc3)c3ncn(Cc4ccc(C(=O)OC)cn4)c3n2)c1. The fourth-order valence-electron chi connectivity index (χ4n) is 3.64. The number of imidazole rings is 1. The maximum absolute atomic E-state index is 12.1. The van der Waals surface area contributed by atoms with Crippen LogP contribution in [0, 0.1) is 0 Å². The summed E-state index contributed by atoms with van der Waals surface area (Å²) in [5, 5.41) is 4.24. The molecule has 12 nitrogen and oxygen atoms in total. The van der Waals surface area contributed by atoms with Gasteiger partial charge in [-0.05, 0) is 24.6 Å². The van der Waals surface area contributed by atoms with Crippen molar-refractivity contribution >= 4 is 23.1 Å². The Bertz CT molecular complexity index is 1580. The van der Waals surface area contributed by atoms with Gasteiger partial charge in [-0.2, -0.15) is 15.1 Å². The number of rotatable bonds is 9. The molecule has 0 aliphatic rings. The van der Waals surface area contributed by atoms with E-state index in [0.717, 1.165) is 5.56 Å². The lowest BCUT2D eigenvalue weighted by atomic mass is 10.2. The molecular weight excluding hydrogens is 490 g/mol. The third-order valence-corrected chi connectivity index (χ3v) is 5.52. The van der Waals surface area contributed by atoms with Gasteiger partial charge in [-0.1, -0.05) is 30.3 Å². The number of ether oxygens (including phenoxy) is 3. The van der Waals surface area contributed by atoms with Crippen LogP contribution in [0.5, 0.6) is 5.88 Å². The molecule has 0 saturated carbocycles. The molecule has 0 spiro atoms. The van der Waals surface area contributed by atoms with Crippen LogP contribution in [0.1, 0.15) is 38.9 Å². The molecule has 38 heavy (non-hydrogen) atoms. The first-order valence-electron chi connectivity index (χ1n) is 11.7. The Morgan fingerprint density at radius 2 is 1.79 bits per heavy atom. The van der Waals surface area contributed by atoms with Crippen LogP contribution in [-0.4, -0.2) is 59.9 Å². The number of fused-ring (bicyclic) bond motifs is 1. The Kier molecular flexibility index (Phi) is 7.02. The Hall–Kier alpha value is -5.13. The van der Waals surface area contributed by atoms with E-state index in [-0.39, 0.29) is 30.6 Å². The van der Waals surface area contributed by atoms with Gasteiger partial charge in [0.2, 0.25) is 5.88 Å². The van der Waals surface area contributed by atoms with Crippen molar-refractivity contribution in [1.82, 2.24) is 34.3 Å². The van der Waals surface area contributed by atoms with Gasteiger partial charge < -0.3 is 18.8 Å². The topological polar surface area (TPSA) is 136 Å². The molecule has 5 aromatic rings. The van der Waals surface area contributed by atoms with E-state index in [4.69, 9.17) is 14.2 Å². The summed E-state index contributed by atoms with van der Waals surface area (Å²) in [4.78, 5) is 41.9. The minimum absolute atomic E-state index is 0.187. The van der Waals surface area contributed by atoms with Crippen molar-refractivity contribution in [2.45, 2.75) is 20.1 Å². The van der Waals surface area contributed by atoms with Gasteiger partial charge >= 0.3 is 11.9 Å². The van der Waals surface area contributed by atoms with Gasteiger partial charge in [0.25, 0.3) is 5.95 Å². The largest absolute Gasteiger partial charge is 0.471 e. The number of pyridine rings is 1. The zero-order chi connectivity index (χ0) is 26.5.